The van der Waals surface area contributed by atoms with Crippen LogP contribution in [0.2, 0.25) is 5.02 Å². The minimum Gasteiger partial charge on any atom is -0.478 e. The quantitative estimate of drug-likeness (QED) is 0.789. The molecule has 0 bridgehead atoms. The minimum atomic E-state index is -3.56. The summed E-state index contributed by atoms with van der Waals surface area (Å²) in [6.07, 6.45) is 2.83. The third-order valence-corrected chi connectivity index (χ3v) is 3.95. The van der Waals surface area contributed by atoms with Crippen LogP contribution in [0.15, 0.2) is 17.0 Å². The molecule has 0 spiro atoms. The summed E-state index contributed by atoms with van der Waals surface area (Å²) in [7, 11) is -3.56. The van der Waals surface area contributed by atoms with E-state index < -0.39 is 15.8 Å². The van der Waals surface area contributed by atoms with Gasteiger partial charge >= 0.3 is 5.97 Å². The zero-order chi connectivity index (χ0) is 14.6. The number of unbranched alkanes of at least 4 members (excludes halogenated alkanes) is 1. The van der Waals surface area contributed by atoms with E-state index in [0.717, 1.165) is 25.2 Å². The zero-order valence-electron chi connectivity index (χ0n) is 10.7. The van der Waals surface area contributed by atoms with E-state index in [1.807, 2.05) is 6.92 Å². The van der Waals surface area contributed by atoms with E-state index in [2.05, 4.69) is 5.32 Å². The highest BCUT2D eigenvalue weighted by Gasteiger charge is 2.19. The molecule has 0 saturated carbocycles. The van der Waals surface area contributed by atoms with Gasteiger partial charge in [0.25, 0.3) is 0 Å². The van der Waals surface area contributed by atoms with Gasteiger partial charge in [0.15, 0.2) is 9.84 Å². The first kappa shape index (κ1) is 15.8. The van der Waals surface area contributed by atoms with Crippen molar-refractivity contribution in [3.05, 3.63) is 22.7 Å². The number of carbonyl (C=O) groups is 1. The van der Waals surface area contributed by atoms with Crippen LogP contribution in [0.3, 0.4) is 0 Å². The van der Waals surface area contributed by atoms with E-state index in [9.17, 15) is 13.2 Å². The van der Waals surface area contributed by atoms with Gasteiger partial charge in [-0.15, -0.1) is 0 Å². The van der Waals surface area contributed by atoms with Gasteiger partial charge in [-0.1, -0.05) is 24.9 Å². The highest BCUT2D eigenvalue weighted by molar-refractivity contribution is 7.90. The molecule has 0 aliphatic heterocycles. The number of benzene rings is 1. The molecule has 0 amide bonds. The molecule has 0 aliphatic rings. The smallest absolute Gasteiger partial charge is 0.335 e. The van der Waals surface area contributed by atoms with Crippen LogP contribution in [0.25, 0.3) is 0 Å². The molecule has 0 unspecified atom stereocenters. The Morgan fingerprint density at radius 1 is 1.42 bits per heavy atom. The summed E-state index contributed by atoms with van der Waals surface area (Å²) in [5.41, 5.74) is 0.120. The Morgan fingerprint density at radius 3 is 2.53 bits per heavy atom. The molecule has 1 rings (SSSR count). The van der Waals surface area contributed by atoms with Crippen LogP contribution in [0.4, 0.5) is 5.69 Å². The molecule has 19 heavy (non-hydrogen) atoms. The summed E-state index contributed by atoms with van der Waals surface area (Å²) in [4.78, 5) is 10.8. The fourth-order valence-corrected chi connectivity index (χ4v) is 2.80. The van der Waals surface area contributed by atoms with Crippen LogP contribution < -0.4 is 5.32 Å². The Kier molecular flexibility index (Phi) is 5.20. The number of carboxylic acid groups (broad SMARTS) is 1. The van der Waals surface area contributed by atoms with Crippen LogP contribution in [0, 0.1) is 0 Å². The molecule has 2 N–H and O–H groups in total. The van der Waals surface area contributed by atoms with Crippen LogP contribution in [0.1, 0.15) is 30.1 Å². The Morgan fingerprint density at radius 2 is 2.05 bits per heavy atom. The molecule has 0 fully saturated rings. The van der Waals surface area contributed by atoms with Gasteiger partial charge < -0.3 is 10.4 Å². The van der Waals surface area contributed by atoms with Gasteiger partial charge in [-0.25, -0.2) is 13.2 Å². The van der Waals surface area contributed by atoms with Crippen molar-refractivity contribution in [1.82, 2.24) is 0 Å². The van der Waals surface area contributed by atoms with E-state index in [1.54, 1.807) is 0 Å². The molecule has 0 saturated heterocycles. The lowest BCUT2D eigenvalue weighted by Crippen LogP contribution is -2.10. The summed E-state index contributed by atoms with van der Waals surface area (Å²) in [6, 6.07) is 2.37. The van der Waals surface area contributed by atoms with Gasteiger partial charge in [-0.2, -0.15) is 0 Å². The van der Waals surface area contributed by atoms with E-state index >= 15 is 0 Å². The van der Waals surface area contributed by atoms with E-state index in [4.69, 9.17) is 16.7 Å². The summed E-state index contributed by atoms with van der Waals surface area (Å²) in [5.74, 6) is -1.22. The number of rotatable bonds is 6. The first-order valence-corrected chi connectivity index (χ1v) is 8.05. The third kappa shape index (κ3) is 4.11. The standard InChI is InChI=1S/C12H16ClNO4S/c1-3-4-5-14-11-9(13)6-8(12(15)16)7-10(11)19(2,17)18/h6-7,14H,3-5H2,1-2H3,(H,15,16). The average molecular weight is 306 g/mol. The molecule has 1 aromatic carbocycles. The van der Waals surface area contributed by atoms with Crippen LogP contribution in [-0.4, -0.2) is 32.3 Å². The predicted molar refractivity (Wildman–Crippen MR) is 74.9 cm³/mol. The largest absolute Gasteiger partial charge is 0.478 e. The highest BCUT2D eigenvalue weighted by Crippen LogP contribution is 2.31. The predicted octanol–water partition coefficient (Wildman–Crippen LogP) is 2.65. The Hall–Kier alpha value is -1.27. The van der Waals surface area contributed by atoms with Gasteiger partial charge in [-0.3, -0.25) is 0 Å². The number of hydrogen-bond acceptors (Lipinski definition) is 4. The molecule has 5 nitrogen and oxygen atoms in total. The second-order valence-corrected chi connectivity index (χ2v) is 6.58. The fourth-order valence-electron chi connectivity index (χ4n) is 1.56. The van der Waals surface area contributed by atoms with Crippen molar-refractivity contribution in [3.8, 4) is 0 Å². The first-order chi connectivity index (χ1) is 8.77. The van der Waals surface area contributed by atoms with Gasteiger partial charge in [-0.05, 0) is 18.6 Å². The average Bonchev–Trinajstić information content (AvgIpc) is 2.29. The van der Waals surface area contributed by atoms with Gasteiger partial charge in [0.1, 0.15) is 0 Å². The Bertz CT molecular complexity index is 584. The number of sulfone groups is 1. The summed E-state index contributed by atoms with van der Waals surface area (Å²) in [6.45, 7) is 2.58. The molecular formula is C12H16ClNO4S. The van der Waals surface area contributed by atoms with Gasteiger partial charge in [0.2, 0.25) is 0 Å². The topological polar surface area (TPSA) is 83.5 Å². The maximum Gasteiger partial charge on any atom is 0.335 e. The SMILES string of the molecule is CCCCNc1c(Cl)cc(C(=O)O)cc1S(C)(=O)=O. The van der Waals surface area contributed by atoms with Crippen molar-refractivity contribution in [3.63, 3.8) is 0 Å². The van der Waals surface area contributed by atoms with Gasteiger partial charge in [0.05, 0.1) is 21.2 Å². The lowest BCUT2D eigenvalue weighted by Gasteiger charge is -2.13. The highest BCUT2D eigenvalue weighted by atomic mass is 35.5. The number of nitrogens with one attached hydrogen (secondary N) is 1. The lowest BCUT2D eigenvalue weighted by atomic mass is 10.2. The lowest BCUT2D eigenvalue weighted by molar-refractivity contribution is 0.0696. The molecular weight excluding hydrogens is 290 g/mol. The fraction of sp³-hybridized carbons (Fsp3) is 0.417. The van der Waals surface area contributed by atoms with Crippen molar-refractivity contribution >= 4 is 33.1 Å². The Balaban J connectivity index is 3.32. The van der Waals surface area contributed by atoms with E-state index in [1.165, 1.54) is 6.07 Å². The molecule has 0 atom stereocenters. The second-order valence-electron chi connectivity index (χ2n) is 4.19. The number of anilines is 1. The van der Waals surface area contributed by atoms with E-state index in [-0.39, 0.29) is 21.2 Å². The molecule has 106 valence electrons. The molecule has 0 aliphatic carbocycles. The molecule has 0 heterocycles. The first-order valence-electron chi connectivity index (χ1n) is 5.78. The normalized spacial score (nSPS) is 11.3. The number of carboxylic acids is 1. The van der Waals surface area contributed by atoms with Crippen LogP contribution >= 0.6 is 11.6 Å². The van der Waals surface area contributed by atoms with Crippen molar-refractivity contribution in [1.29, 1.82) is 0 Å². The molecule has 0 aromatic heterocycles. The molecule has 1 aromatic rings. The summed E-state index contributed by atoms with van der Waals surface area (Å²) in [5, 5.41) is 12.0. The van der Waals surface area contributed by atoms with Crippen molar-refractivity contribution in [2.24, 2.45) is 0 Å². The molecule has 0 radical (unpaired) electrons. The second kappa shape index (κ2) is 6.25. The number of hydrogen-bond donors (Lipinski definition) is 2. The van der Waals surface area contributed by atoms with Crippen molar-refractivity contribution in [2.75, 3.05) is 18.1 Å². The maximum absolute atomic E-state index is 11.7. The van der Waals surface area contributed by atoms with Crippen molar-refractivity contribution in [2.45, 2.75) is 24.7 Å². The molecule has 7 heteroatoms. The minimum absolute atomic E-state index is 0.0893. The number of halogens is 1. The zero-order valence-corrected chi connectivity index (χ0v) is 12.3. The van der Waals surface area contributed by atoms with Crippen LogP contribution in [0.5, 0.6) is 0 Å². The van der Waals surface area contributed by atoms with Gasteiger partial charge in [0, 0.05) is 12.8 Å². The summed E-state index contributed by atoms with van der Waals surface area (Å²) >= 11 is 5.97. The number of aromatic carboxylic acids is 1. The van der Waals surface area contributed by atoms with E-state index in [0.29, 0.717) is 6.54 Å². The Labute approximate surface area is 117 Å². The third-order valence-electron chi connectivity index (χ3n) is 2.53. The van der Waals surface area contributed by atoms with Crippen molar-refractivity contribution < 1.29 is 18.3 Å². The maximum atomic E-state index is 11.7. The summed E-state index contributed by atoms with van der Waals surface area (Å²) < 4.78 is 23.4. The monoisotopic (exact) mass is 305 g/mol. The van der Waals surface area contributed by atoms with Crippen LogP contribution in [-0.2, 0) is 9.84 Å².